The average Bonchev–Trinajstić information content (AvgIpc) is 2.63. The van der Waals surface area contributed by atoms with E-state index >= 15 is 0 Å². The predicted octanol–water partition coefficient (Wildman–Crippen LogP) is 1.91. The maximum atomic E-state index is 12.8. The molecule has 9 heteroatoms. The number of nitrogens with zero attached hydrogens (tertiary/aromatic N) is 2. The van der Waals surface area contributed by atoms with Crippen molar-refractivity contribution in [2.24, 2.45) is 5.10 Å². The molecule has 0 aromatic heterocycles. The number of halogens is 1. The van der Waals surface area contributed by atoms with Gasteiger partial charge in [0, 0.05) is 7.05 Å². The number of sulfonamides is 1. The largest absolute Gasteiger partial charge is 0.495 e. The molecule has 0 heterocycles. The fraction of sp³-hybridized carbons (Fsp3) is 0.222. The molecule has 0 aliphatic heterocycles. The zero-order chi connectivity index (χ0) is 20.0. The van der Waals surface area contributed by atoms with Gasteiger partial charge in [0.2, 0.25) is 10.0 Å². The third-order valence-corrected chi connectivity index (χ3v) is 5.47. The van der Waals surface area contributed by atoms with Gasteiger partial charge in [-0.1, -0.05) is 18.2 Å². The molecule has 144 valence electrons. The highest BCUT2D eigenvalue weighted by atomic mass is 32.2. The molecule has 0 radical (unpaired) electrons. The third-order valence-electron chi connectivity index (χ3n) is 3.65. The van der Waals surface area contributed by atoms with Crippen molar-refractivity contribution in [3.63, 3.8) is 0 Å². The monoisotopic (exact) mass is 393 g/mol. The van der Waals surface area contributed by atoms with Crippen molar-refractivity contribution in [3.05, 3.63) is 59.4 Å². The second-order valence-electron chi connectivity index (χ2n) is 5.76. The Morgan fingerprint density at radius 3 is 2.56 bits per heavy atom. The number of methoxy groups -OCH3 is 1. The SMILES string of the molecule is COc1ccc(C)cc1S(=O)(=O)N(C)CC(=O)N/N=C\c1ccc(F)cc1. The van der Waals surface area contributed by atoms with Crippen LogP contribution in [0.4, 0.5) is 4.39 Å². The van der Waals surface area contributed by atoms with E-state index in [2.05, 4.69) is 10.5 Å². The summed E-state index contributed by atoms with van der Waals surface area (Å²) in [4.78, 5) is 12.0. The fourth-order valence-corrected chi connectivity index (χ4v) is 3.57. The summed E-state index contributed by atoms with van der Waals surface area (Å²) in [5, 5.41) is 3.73. The number of amides is 1. The first-order valence-electron chi connectivity index (χ1n) is 7.92. The Balaban J connectivity index is 2.04. The Bertz CT molecular complexity index is 944. The number of hydrazone groups is 1. The Hall–Kier alpha value is -2.78. The van der Waals surface area contributed by atoms with Gasteiger partial charge in [0.25, 0.3) is 5.91 Å². The van der Waals surface area contributed by atoms with Crippen molar-refractivity contribution in [1.29, 1.82) is 0 Å². The Morgan fingerprint density at radius 1 is 1.26 bits per heavy atom. The summed E-state index contributed by atoms with van der Waals surface area (Å²) in [6.45, 7) is 1.33. The molecule has 0 unspecified atom stereocenters. The van der Waals surface area contributed by atoms with Crippen molar-refractivity contribution >= 4 is 22.1 Å². The van der Waals surface area contributed by atoms with Gasteiger partial charge < -0.3 is 4.74 Å². The first kappa shape index (κ1) is 20.5. The first-order valence-corrected chi connectivity index (χ1v) is 9.36. The summed E-state index contributed by atoms with van der Waals surface area (Å²) in [5.41, 5.74) is 3.57. The van der Waals surface area contributed by atoms with Crippen LogP contribution < -0.4 is 10.2 Å². The number of nitrogens with one attached hydrogen (secondary N) is 1. The van der Waals surface area contributed by atoms with Gasteiger partial charge in [0.05, 0.1) is 19.9 Å². The highest BCUT2D eigenvalue weighted by molar-refractivity contribution is 7.89. The van der Waals surface area contributed by atoms with Gasteiger partial charge in [-0.15, -0.1) is 0 Å². The van der Waals surface area contributed by atoms with Gasteiger partial charge in [0.1, 0.15) is 16.5 Å². The number of likely N-dealkylation sites (N-methyl/N-ethyl adjacent to an activating group) is 1. The van der Waals surface area contributed by atoms with Crippen molar-refractivity contribution in [2.45, 2.75) is 11.8 Å². The summed E-state index contributed by atoms with van der Waals surface area (Å²) in [5.74, 6) is -0.803. The molecule has 7 nitrogen and oxygen atoms in total. The smallest absolute Gasteiger partial charge is 0.255 e. The van der Waals surface area contributed by atoms with Crippen LogP contribution in [0.2, 0.25) is 0 Å². The van der Waals surface area contributed by atoms with E-state index in [1.165, 1.54) is 50.7 Å². The van der Waals surface area contributed by atoms with Crippen LogP contribution in [0.15, 0.2) is 52.5 Å². The minimum Gasteiger partial charge on any atom is -0.495 e. The maximum Gasteiger partial charge on any atom is 0.255 e. The van der Waals surface area contributed by atoms with Gasteiger partial charge in [-0.2, -0.15) is 9.41 Å². The summed E-state index contributed by atoms with van der Waals surface area (Å²) in [6.07, 6.45) is 1.33. The van der Waals surface area contributed by atoms with Crippen LogP contribution in [0, 0.1) is 12.7 Å². The molecule has 0 saturated carbocycles. The molecule has 2 rings (SSSR count). The molecule has 0 spiro atoms. The summed E-state index contributed by atoms with van der Waals surface area (Å²) in [6, 6.07) is 10.3. The lowest BCUT2D eigenvalue weighted by Gasteiger charge is -2.18. The molecule has 0 aliphatic carbocycles. The van der Waals surface area contributed by atoms with Crippen LogP contribution in [0.1, 0.15) is 11.1 Å². The van der Waals surface area contributed by atoms with E-state index in [4.69, 9.17) is 4.74 Å². The number of benzene rings is 2. The van der Waals surface area contributed by atoms with Crippen LogP contribution in [-0.4, -0.2) is 45.5 Å². The second-order valence-corrected chi connectivity index (χ2v) is 7.77. The lowest BCUT2D eigenvalue weighted by Crippen LogP contribution is -2.36. The number of rotatable bonds is 7. The fourth-order valence-electron chi connectivity index (χ4n) is 2.20. The molecular weight excluding hydrogens is 373 g/mol. The molecular formula is C18H20FN3O4S. The third kappa shape index (κ3) is 5.35. The molecule has 2 aromatic rings. The Morgan fingerprint density at radius 2 is 1.93 bits per heavy atom. The van der Waals surface area contributed by atoms with Crippen LogP contribution in [0.3, 0.4) is 0 Å². The van der Waals surface area contributed by atoms with E-state index in [1.807, 2.05) is 0 Å². The molecule has 0 bridgehead atoms. The second kappa shape index (κ2) is 8.74. The van der Waals surface area contributed by atoms with Crippen LogP contribution in [0.25, 0.3) is 0 Å². The van der Waals surface area contributed by atoms with Crippen LogP contribution >= 0.6 is 0 Å². The average molecular weight is 393 g/mol. The quantitative estimate of drug-likeness (QED) is 0.575. The van der Waals surface area contributed by atoms with E-state index in [0.29, 0.717) is 5.56 Å². The molecule has 1 N–H and O–H groups in total. The zero-order valence-corrected chi connectivity index (χ0v) is 16.0. The lowest BCUT2D eigenvalue weighted by molar-refractivity contribution is -0.121. The number of ether oxygens (including phenoxy) is 1. The van der Waals surface area contributed by atoms with Gasteiger partial charge in [-0.3, -0.25) is 4.79 Å². The summed E-state index contributed by atoms with van der Waals surface area (Å²) in [7, 11) is -1.26. The predicted molar refractivity (Wildman–Crippen MR) is 99.7 cm³/mol. The Kier molecular flexibility index (Phi) is 6.65. The molecule has 0 saturated heterocycles. The molecule has 27 heavy (non-hydrogen) atoms. The number of hydrogen-bond acceptors (Lipinski definition) is 5. The summed E-state index contributed by atoms with van der Waals surface area (Å²) >= 11 is 0. The van der Waals surface area contributed by atoms with Crippen LogP contribution in [0.5, 0.6) is 5.75 Å². The molecule has 0 aliphatic rings. The highest BCUT2D eigenvalue weighted by Crippen LogP contribution is 2.26. The number of carbonyl (C=O) groups excluding carboxylic acids is 1. The van der Waals surface area contributed by atoms with E-state index in [0.717, 1.165) is 9.87 Å². The molecule has 1 amide bonds. The Labute approximate surface area is 157 Å². The first-order chi connectivity index (χ1) is 12.7. The van der Waals surface area contributed by atoms with E-state index in [9.17, 15) is 17.6 Å². The normalized spacial score (nSPS) is 11.7. The minimum atomic E-state index is -3.93. The zero-order valence-electron chi connectivity index (χ0n) is 15.1. The van der Waals surface area contributed by atoms with Gasteiger partial charge in [-0.25, -0.2) is 18.2 Å². The lowest BCUT2D eigenvalue weighted by atomic mass is 10.2. The van der Waals surface area contributed by atoms with Crippen molar-refractivity contribution < 1.29 is 22.3 Å². The highest BCUT2D eigenvalue weighted by Gasteiger charge is 2.26. The topological polar surface area (TPSA) is 88.1 Å². The van der Waals surface area contributed by atoms with E-state index < -0.39 is 22.5 Å². The van der Waals surface area contributed by atoms with E-state index in [-0.39, 0.29) is 16.5 Å². The molecule has 0 fully saturated rings. The molecule has 0 atom stereocenters. The summed E-state index contributed by atoms with van der Waals surface area (Å²) < 4.78 is 44.3. The molecule has 2 aromatic carbocycles. The number of aryl methyl sites for hydroxylation is 1. The number of hydrogen-bond donors (Lipinski definition) is 1. The van der Waals surface area contributed by atoms with Crippen molar-refractivity contribution in [1.82, 2.24) is 9.73 Å². The standard InChI is InChI=1S/C18H20FN3O4S/c1-13-4-9-16(26-3)17(10-13)27(24,25)22(2)12-18(23)21-20-11-14-5-7-15(19)8-6-14/h4-11H,12H2,1-3H3,(H,21,23)/b20-11-. The van der Waals surface area contributed by atoms with Crippen molar-refractivity contribution in [3.8, 4) is 5.75 Å². The van der Waals surface area contributed by atoms with Gasteiger partial charge >= 0.3 is 0 Å². The van der Waals surface area contributed by atoms with Gasteiger partial charge in [-0.05, 0) is 42.3 Å². The maximum absolute atomic E-state index is 12.8. The number of carbonyl (C=O) groups is 1. The van der Waals surface area contributed by atoms with Crippen LogP contribution in [-0.2, 0) is 14.8 Å². The van der Waals surface area contributed by atoms with Crippen molar-refractivity contribution in [2.75, 3.05) is 20.7 Å². The van der Waals surface area contributed by atoms with E-state index in [1.54, 1.807) is 19.1 Å². The van der Waals surface area contributed by atoms with Gasteiger partial charge in [0.15, 0.2) is 0 Å². The minimum absolute atomic E-state index is 0.0184.